The van der Waals surface area contributed by atoms with Gasteiger partial charge in [-0.2, -0.15) is 0 Å². The maximum absolute atomic E-state index is 5.88. The first-order valence-corrected chi connectivity index (χ1v) is 4.98. The zero-order valence-electron chi connectivity index (χ0n) is 8.80. The second-order valence-corrected chi connectivity index (χ2v) is 4.61. The van der Waals surface area contributed by atoms with Crippen LogP contribution in [0.2, 0.25) is 5.02 Å². The second-order valence-electron chi connectivity index (χ2n) is 4.17. The normalized spacial score (nSPS) is 11.5. The van der Waals surface area contributed by atoms with Crippen LogP contribution in [0, 0.1) is 0 Å². The highest BCUT2D eigenvalue weighted by Crippen LogP contribution is 2.26. The van der Waals surface area contributed by atoms with E-state index in [9.17, 15) is 0 Å². The van der Waals surface area contributed by atoms with Gasteiger partial charge >= 0.3 is 0 Å². The van der Waals surface area contributed by atoms with Gasteiger partial charge in [0.2, 0.25) is 0 Å². The van der Waals surface area contributed by atoms with E-state index >= 15 is 0 Å². The van der Waals surface area contributed by atoms with Crippen molar-refractivity contribution in [3.63, 3.8) is 0 Å². The fraction of sp³-hybridized carbons (Fsp3) is 0.455. The topological polar surface area (TPSA) is 35.2 Å². The highest BCUT2D eigenvalue weighted by molar-refractivity contribution is 6.30. The lowest BCUT2D eigenvalue weighted by molar-refractivity contribution is 0.129. The lowest BCUT2D eigenvalue weighted by Gasteiger charge is -2.23. The Hall–Kier alpha value is -0.730. The van der Waals surface area contributed by atoms with Crippen molar-refractivity contribution >= 4 is 11.6 Å². The van der Waals surface area contributed by atoms with Crippen LogP contribution in [0.1, 0.15) is 26.3 Å². The van der Waals surface area contributed by atoms with Crippen molar-refractivity contribution in [3.8, 4) is 5.75 Å². The molecule has 1 aromatic carbocycles. The summed E-state index contributed by atoms with van der Waals surface area (Å²) >= 11 is 5.88. The summed E-state index contributed by atoms with van der Waals surface area (Å²) in [6.07, 6.45) is 0. The van der Waals surface area contributed by atoms with Gasteiger partial charge in [0.1, 0.15) is 11.4 Å². The maximum atomic E-state index is 5.88. The molecule has 0 saturated carbocycles. The molecule has 2 nitrogen and oxygen atoms in total. The van der Waals surface area contributed by atoms with Crippen molar-refractivity contribution in [2.75, 3.05) is 0 Å². The van der Waals surface area contributed by atoms with Crippen LogP contribution in [-0.4, -0.2) is 5.60 Å². The summed E-state index contributed by atoms with van der Waals surface area (Å²) < 4.78 is 5.74. The molecule has 0 heterocycles. The molecule has 0 aliphatic heterocycles. The zero-order valence-corrected chi connectivity index (χ0v) is 9.56. The van der Waals surface area contributed by atoms with Gasteiger partial charge in [0.25, 0.3) is 0 Å². The van der Waals surface area contributed by atoms with E-state index in [2.05, 4.69) is 0 Å². The number of halogens is 1. The molecule has 3 heteroatoms. The minimum Gasteiger partial charge on any atom is -0.488 e. The van der Waals surface area contributed by atoms with Gasteiger partial charge in [0, 0.05) is 17.1 Å². The Morgan fingerprint density at radius 2 is 2.00 bits per heavy atom. The first kappa shape index (κ1) is 11.3. The van der Waals surface area contributed by atoms with Crippen molar-refractivity contribution in [1.82, 2.24) is 0 Å². The predicted octanol–water partition coefficient (Wildman–Crippen LogP) is 2.98. The molecule has 0 unspecified atom stereocenters. The van der Waals surface area contributed by atoms with E-state index in [1.165, 1.54) is 0 Å². The first-order valence-electron chi connectivity index (χ1n) is 4.60. The number of hydrogen-bond acceptors (Lipinski definition) is 2. The summed E-state index contributed by atoms with van der Waals surface area (Å²) in [6, 6.07) is 5.51. The Morgan fingerprint density at radius 3 is 2.50 bits per heavy atom. The van der Waals surface area contributed by atoms with Gasteiger partial charge in [-0.15, -0.1) is 0 Å². The molecule has 0 radical (unpaired) electrons. The third-order valence-electron chi connectivity index (χ3n) is 1.67. The lowest BCUT2D eigenvalue weighted by atomic mass is 10.1. The third-order valence-corrected chi connectivity index (χ3v) is 1.90. The standard InChI is InChI=1S/C11H16ClNO/c1-11(2,3)14-10-6-9(12)5-4-8(10)7-13/h4-6H,7,13H2,1-3H3. The monoisotopic (exact) mass is 213 g/mol. The summed E-state index contributed by atoms with van der Waals surface area (Å²) in [7, 11) is 0. The zero-order chi connectivity index (χ0) is 10.8. The molecule has 78 valence electrons. The molecule has 14 heavy (non-hydrogen) atoms. The summed E-state index contributed by atoms with van der Waals surface area (Å²) in [6.45, 7) is 6.44. The van der Waals surface area contributed by atoms with Crippen molar-refractivity contribution in [3.05, 3.63) is 28.8 Å². The van der Waals surface area contributed by atoms with E-state index in [-0.39, 0.29) is 5.60 Å². The molecule has 0 saturated heterocycles. The number of ether oxygens (including phenoxy) is 1. The van der Waals surface area contributed by atoms with E-state index in [1.807, 2.05) is 32.9 Å². The molecule has 0 aliphatic carbocycles. The van der Waals surface area contributed by atoms with Crippen LogP contribution in [-0.2, 0) is 6.54 Å². The summed E-state index contributed by atoms with van der Waals surface area (Å²) in [5.74, 6) is 0.771. The number of rotatable bonds is 2. The Balaban J connectivity index is 2.99. The smallest absolute Gasteiger partial charge is 0.126 e. The van der Waals surface area contributed by atoms with Gasteiger partial charge < -0.3 is 10.5 Å². The van der Waals surface area contributed by atoms with E-state index in [4.69, 9.17) is 22.1 Å². The Labute approximate surface area is 90.0 Å². The summed E-state index contributed by atoms with van der Waals surface area (Å²) in [5.41, 5.74) is 6.35. The molecule has 0 atom stereocenters. The Kier molecular flexibility index (Phi) is 3.40. The molecule has 0 bridgehead atoms. The lowest BCUT2D eigenvalue weighted by Crippen LogP contribution is -2.24. The van der Waals surface area contributed by atoms with Crippen molar-refractivity contribution < 1.29 is 4.74 Å². The molecular formula is C11H16ClNO. The Bertz CT molecular complexity index is 318. The van der Waals surface area contributed by atoms with Crippen LogP contribution in [0.3, 0.4) is 0 Å². The summed E-state index contributed by atoms with van der Waals surface area (Å²) in [4.78, 5) is 0. The third kappa shape index (κ3) is 3.20. The van der Waals surface area contributed by atoms with Crippen LogP contribution in [0.15, 0.2) is 18.2 Å². The number of benzene rings is 1. The Morgan fingerprint density at radius 1 is 1.36 bits per heavy atom. The SMILES string of the molecule is CC(C)(C)Oc1cc(Cl)ccc1CN. The molecule has 1 aromatic rings. The summed E-state index contributed by atoms with van der Waals surface area (Å²) in [5, 5.41) is 0.668. The van der Waals surface area contributed by atoms with Gasteiger partial charge in [-0.3, -0.25) is 0 Å². The van der Waals surface area contributed by atoms with Crippen LogP contribution < -0.4 is 10.5 Å². The largest absolute Gasteiger partial charge is 0.488 e. The van der Waals surface area contributed by atoms with Gasteiger partial charge in [0.05, 0.1) is 0 Å². The number of nitrogens with two attached hydrogens (primary N) is 1. The van der Waals surface area contributed by atoms with Crippen LogP contribution in [0.25, 0.3) is 0 Å². The predicted molar refractivity (Wildman–Crippen MR) is 59.7 cm³/mol. The fourth-order valence-corrected chi connectivity index (χ4v) is 1.28. The number of hydrogen-bond donors (Lipinski definition) is 1. The molecule has 0 aromatic heterocycles. The molecular weight excluding hydrogens is 198 g/mol. The van der Waals surface area contributed by atoms with Gasteiger partial charge in [-0.1, -0.05) is 17.7 Å². The van der Waals surface area contributed by atoms with Crippen molar-refractivity contribution in [1.29, 1.82) is 0 Å². The highest BCUT2D eigenvalue weighted by Gasteiger charge is 2.14. The molecule has 0 amide bonds. The second kappa shape index (κ2) is 4.20. The molecule has 1 rings (SSSR count). The average molecular weight is 214 g/mol. The van der Waals surface area contributed by atoms with E-state index in [0.717, 1.165) is 11.3 Å². The molecule has 2 N–H and O–H groups in total. The van der Waals surface area contributed by atoms with Crippen molar-refractivity contribution in [2.24, 2.45) is 5.73 Å². The quantitative estimate of drug-likeness (QED) is 0.820. The van der Waals surface area contributed by atoms with E-state index in [0.29, 0.717) is 11.6 Å². The maximum Gasteiger partial charge on any atom is 0.126 e. The van der Waals surface area contributed by atoms with Gasteiger partial charge in [-0.25, -0.2) is 0 Å². The first-order chi connectivity index (χ1) is 6.42. The average Bonchev–Trinajstić information content (AvgIpc) is 2.01. The minimum absolute atomic E-state index is 0.228. The highest BCUT2D eigenvalue weighted by atomic mass is 35.5. The minimum atomic E-state index is -0.228. The molecule has 0 fully saturated rings. The van der Waals surface area contributed by atoms with Gasteiger partial charge in [0.15, 0.2) is 0 Å². The van der Waals surface area contributed by atoms with E-state index in [1.54, 1.807) is 6.07 Å². The molecule has 0 spiro atoms. The molecule has 0 aliphatic rings. The van der Waals surface area contributed by atoms with Crippen LogP contribution in [0.4, 0.5) is 0 Å². The van der Waals surface area contributed by atoms with Gasteiger partial charge in [-0.05, 0) is 32.9 Å². The van der Waals surface area contributed by atoms with E-state index < -0.39 is 0 Å². The van der Waals surface area contributed by atoms with Crippen LogP contribution >= 0.6 is 11.6 Å². The van der Waals surface area contributed by atoms with Crippen molar-refractivity contribution in [2.45, 2.75) is 32.9 Å². The van der Waals surface area contributed by atoms with Crippen LogP contribution in [0.5, 0.6) is 5.75 Å². The fourth-order valence-electron chi connectivity index (χ4n) is 1.12.